The van der Waals surface area contributed by atoms with Gasteiger partial charge in [0.25, 0.3) is 0 Å². The number of nitrogens with one attached hydrogen (secondary N) is 1. The lowest BCUT2D eigenvalue weighted by molar-refractivity contribution is -0.119. The number of hydrogen-bond donors (Lipinski definition) is 1. The van der Waals surface area contributed by atoms with Gasteiger partial charge in [-0.2, -0.15) is 0 Å². The molecule has 0 fully saturated rings. The van der Waals surface area contributed by atoms with E-state index in [-0.39, 0.29) is 5.91 Å². The van der Waals surface area contributed by atoms with Crippen LogP contribution in [-0.4, -0.2) is 25.7 Å². The van der Waals surface area contributed by atoms with E-state index in [9.17, 15) is 4.79 Å². The number of carbonyl (C=O) groups is 1. The first-order valence-electron chi connectivity index (χ1n) is 7.77. The highest BCUT2D eigenvalue weighted by atomic mass is 16.5. The van der Waals surface area contributed by atoms with E-state index in [0.29, 0.717) is 37.1 Å². The Hall–Kier alpha value is -2.69. The molecule has 0 saturated heterocycles. The molecule has 23 heavy (non-hydrogen) atoms. The van der Waals surface area contributed by atoms with Gasteiger partial charge >= 0.3 is 0 Å². The second kappa shape index (κ2) is 4.41. The summed E-state index contributed by atoms with van der Waals surface area (Å²) in [5.41, 5.74) is 1.86. The van der Waals surface area contributed by atoms with Crippen molar-refractivity contribution in [2.75, 3.05) is 25.1 Å². The van der Waals surface area contributed by atoms with Crippen molar-refractivity contribution in [2.24, 2.45) is 0 Å². The third-order valence-corrected chi connectivity index (χ3v) is 4.78. The molecule has 0 bridgehead atoms. The Kier molecular flexibility index (Phi) is 2.46. The maximum Gasteiger partial charge on any atom is 0.243 e. The van der Waals surface area contributed by atoms with Gasteiger partial charge in [0, 0.05) is 23.7 Å². The molecule has 3 aliphatic rings. The van der Waals surface area contributed by atoms with Gasteiger partial charge in [-0.05, 0) is 17.7 Å². The number of para-hydroxylation sites is 1. The highest BCUT2D eigenvalue weighted by Crippen LogP contribution is 2.52. The van der Waals surface area contributed by atoms with Crippen LogP contribution in [0, 0.1) is 0 Å². The van der Waals surface area contributed by atoms with Crippen molar-refractivity contribution >= 4 is 11.6 Å². The third kappa shape index (κ3) is 1.59. The minimum Gasteiger partial charge on any atom is -0.491 e. The number of ether oxygens (including phenoxy) is 3. The smallest absolute Gasteiger partial charge is 0.243 e. The molecule has 2 aromatic rings. The number of amides is 1. The van der Waals surface area contributed by atoms with Crippen LogP contribution in [0.3, 0.4) is 0 Å². The van der Waals surface area contributed by atoms with Gasteiger partial charge in [-0.15, -0.1) is 0 Å². The average molecular weight is 309 g/mol. The van der Waals surface area contributed by atoms with Crippen molar-refractivity contribution in [2.45, 2.75) is 11.8 Å². The number of rotatable bonds is 0. The summed E-state index contributed by atoms with van der Waals surface area (Å²) in [6, 6.07) is 11.5. The van der Waals surface area contributed by atoms with E-state index in [0.717, 1.165) is 23.2 Å². The fraction of sp³-hybridized carbons (Fsp3) is 0.278. The molecule has 5 nitrogen and oxygen atoms in total. The van der Waals surface area contributed by atoms with Crippen LogP contribution >= 0.6 is 0 Å². The molecule has 1 N–H and O–H groups in total. The van der Waals surface area contributed by atoms with E-state index in [4.69, 9.17) is 14.2 Å². The van der Waals surface area contributed by atoms with E-state index in [1.54, 1.807) is 0 Å². The molecule has 2 aromatic carbocycles. The summed E-state index contributed by atoms with van der Waals surface area (Å²) in [5.74, 6) is 2.02. The minimum atomic E-state index is -0.795. The van der Waals surface area contributed by atoms with Crippen molar-refractivity contribution in [1.29, 1.82) is 0 Å². The molecule has 116 valence electrons. The van der Waals surface area contributed by atoms with E-state index in [1.165, 1.54) is 0 Å². The van der Waals surface area contributed by atoms with Crippen LogP contribution in [0.2, 0.25) is 0 Å². The lowest BCUT2D eigenvalue weighted by Gasteiger charge is -2.20. The van der Waals surface area contributed by atoms with Crippen LogP contribution in [0.4, 0.5) is 5.69 Å². The summed E-state index contributed by atoms with van der Waals surface area (Å²) in [5, 5.41) is 2.97. The second-order valence-electron chi connectivity index (χ2n) is 6.04. The molecular formula is C18H15NO4. The van der Waals surface area contributed by atoms with Crippen molar-refractivity contribution in [3.05, 3.63) is 47.5 Å². The van der Waals surface area contributed by atoms with Gasteiger partial charge in [0.15, 0.2) is 11.5 Å². The molecule has 0 aromatic heterocycles. The van der Waals surface area contributed by atoms with Gasteiger partial charge < -0.3 is 19.5 Å². The van der Waals surface area contributed by atoms with Crippen LogP contribution in [-0.2, 0) is 10.2 Å². The van der Waals surface area contributed by atoms with E-state index >= 15 is 0 Å². The van der Waals surface area contributed by atoms with Crippen LogP contribution in [0.15, 0.2) is 36.4 Å². The minimum absolute atomic E-state index is 0.0491. The van der Waals surface area contributed by atoms with Crippen molar-refractivity contribution in [3.8, 4) is 17.2 Å². The van der Waals surface area contributed by atoms with Crippen LogP contribution < -0.4 is 19.5 Å². The number of benzene rings is 2. The van der Waals surface area contributed by atoms with Gasteiger partial charge in [-0.25, -0.2) is 0 Å². The summed E-state index contributed by atoms with van der Waals surface area (Å²) < 4.78 is 17.4. The zero-order valence-corrected chi connectivity index (χ0v) is 12.4. The Bertz CT molecular complexity index is 832. The standard InChI is InChI=1S/C18H15NO4/c20-17-18(11-4-1-2-5-13(11)19-17)10-23-14-9-16-15(8-12(14)18)21-6-3-7-22-16/h1-2,4-5,8-9H,3,6-7,10H2,(H,19,20). The van der Waals surface area contributed by atoms with Crippen molar-refractivity contribution in [3.63, 3.8) is 0 Å². The molecule has 0 aliphatic carbocycles. The summed E-state index contributed by atoms with van der Waals surface area (Å²) >= 11 is 0. The molecule has 1 amide bonds. The van der Waals surface area contributed by atoms with Crippen LogP contribution in [0.1, 0.15) is 17.5 Å². The SMILES string of the molecule is O=C1Nc2ccccc2C12COc1cc3c(cc12)OCCCO3. The van der Waals surface area contributed by atoms with Gasteiger partial charge in [0.2, 0.25) is 5.91 Å². The molecule has 1 spiro atoms. The Morgan fingerprint density at radius 1 is 0.913 bits per heavy atom. The van der Waals surface area contributed by atoms with Crippen molar-refractivity contribution < 1.29 is 19.0 Å². The van der Waals surface area contributed by atoms with Gasteiger partial charge in [-0.3, -0.25) is 4.79 Å². The molecule has 5 rings (SSSR count). The molecule has 3 heterocycles. The topological polar surface area (TPSA) is 56.8 Å². The highest BCUT2D eigenvalue weighted by Gasteiger charge is 2.54. The first kappa shape index (κ1) is 12.8. The monoisotopic (exact) mass is 309 g/mol. The number of hydrogen-bond acceptors (Lipinski definition) is 4. The lowest BCUT2D eigenvalue weighted by atomic mass is 9.77. The van der Waals surface area contributed by atoms with Gasteiger partial charge in [0.1, 0.15) is 17.8 Å². The maximum absolute atomic E-state index is 12.8. The van der Waals surface area contributed by atoms with Crippen LogP contribution in [0.5, 0.6) is 17.2 Å². The number of anilines is 1. The van der Waals surface area contributed by atoms with E-state index in [1.807, 2.05) is 36.4 Å². The Morgan fingerprint density at radius 3 is 2.57 bits per heavy atom. The van der Waals surface area contributed by atoms with Crippen LogP contribution in [0.25, 0.3) is 0 Å². The Balaban J connectivity index is 1.73. The normalized spacial score (nSPS) is 23.7. The Labute approximate surface area is 133 Å². The zero-order chi connectivity index (χ0) is 15.4. The fourth-order valence-corrected chi connectivity index (χ4v) is 3.63. The largest absolute Gasteiger partial charge is 0.491 e. The molecule has 3 aliphatic heterocycles. The summed E-state index contributed by atoms with van der Waals surface area (Å²) in [6.07, 6.45) is 0.842. The molecule has 0 saturated carbocycles. The lowest BCUT2D eigenvalue weighted by Crippen LogP contribution is -2.37. The predicted molar refractivity (Wildman–Crippen MR) is 83.4 cm³/mol. The zero-order valence-electron chi connectivity index (χ0n) is 12.4. The fourth-order valence-electron chi connectivity index (χ4n) is 3.63. The third-order valence-electron chi connectivity index (χ3n) is 4.78. The Morgan fingerprint density at radius 2 is 1.70 bits per heavy atom. The summed E-state index contributed by atoms with van der Waals surface area (Å²) in [4.78, 5) is 12.8. The first-order valence-corrected chi connectivity index (χ1v) is 7.77. The summed E-state index contributed by atoms with van der Waals surface area (Å²) in [6.45, 7) is 1.54. The van der Waals surface area contributed by atoms with E-state index < -0.39 is 5.41 Å². The molecule has 1 unspecified atom stereocenters. The van der Waals surface area contributed by atoms with E-state index in [2.05, 4.69) is 5.32 Å². The predicted octanol–water partition coefficient (Wildman–Crippen LogP) is 2.48. The number of carbonyl (C=O) groups excluding carboxylic acids is 1. The quantitative estimate of drug-likeness (QED) is 0.812. The van der Waals surface area contributed by atoms with Gasteiger partial charge in [0.05, 0.1) is 13.2 Å². The molecule has 5 heteroatoms. The van der Waals surface area contributed by atoms with Gasteiger partial charge in [-0.1, -0.05) is 18.2 Å². The maximum atomic E-state index is 12.8. The highest BCUT2D eigenvalue weighted by molar-refractivity contribution is 6.09. The summed E-state index contributed by atoms with van der Waals surface area (Å²) in [7, 11) is 0. The molecular weight excluding hydrogens is 294 g/mol. The number of fused-ring (bicyclic) bond motifs is 5. The molecule has 1 atom stereocenters. The van der Waals surface area contributed by atoms with Crippen molar-refractivity contribution in [1.82, 2.24) is 0 Å². The first-order chi connectivity index (χ1) is 11.3. The second-order valence-corrected chi connectivity index (χ2v) is 6.04. The molecule has 0 radical (unpaired) electrons. The average Bonchev–Trinajstić information content (AvgIpc) is 2.96.